The van der Waals surface area contributed by atoms with Crippen LogP contribution in [0.15, 0.2) is 42.5 Å². The molecule has 5 nitrogen and oxygen atoms in total. The molecule has 24 heavy (non-hydrogen) atoms. The van der Waals surface area contributed by atoms with Gasteiger partial charge in [0, 0.05) is 27.8 Å². The molecule has 3 rings (SSSR count). The lowest BCUT2D eigenvalue weighted by molar-refractivity contribution is 0.102. The molecule has 0 unspecified atom stereocenters. The summed E-state index contributed by atoms with van der Waals surface area (Å²) in [5.41, 5.74) is 4.61. The summed E-state index contributed by atoms with van der Waals surface area (Å²) < 4.78 is 5.30. The van der Waals surface area contributed by atoms with Gasteiger partial charge in [-0.1, -0.05) is 0 Å². The molecule has 0 saturated heterocycles. The molecule has 0 radical (unpaired) electrons. The molecule has 1 heterocycles. The Morgan fingerprint density at radius 1 is 1.17 bits per heavy atom. The van der Waals surface area contributed by atoms with Gasteiger partial charge in [0.2, 0.25) is 0 Å². The minimum atomic E-state index is -0.154. The zero-order valence-corrected chi connectivity index (χ0v) is 13.7. The molecule has 0 aliphatic carbocycles. The number of aromatic nitrogens is 1. The largest absolute Gasteiger partial charge is 0.491 e. The number of aryl methyl sites for hydroxylation is 2. The normalized spacial score (nSPS) is 10.8. The minimum Gasteiger partial charge on any atom is -0.491 e. The first-order valence-electron chi connectivity index (χ1n) is 7.82. The third kappa shape index (κ3) is 3.26. The predicted molar refractivity (Wildman–Crippen MR) is 94.7 cm³/mol. The van der Waals surface area contributed by atoms with Gasteiger partial charge >= 0.3 is 0 Å². The molecule has 0 saturated carbocycles. The molecule has 1 aromatic heterocycles. The first-order valence-corrected chi connectivity index (χ1v) is 7.82. The molecule has 0 aliphatic heterocycles. The van der Waals surface area contributed by atoms with Crippen molar-refractivity contribution in [2.45, 2.75) is 13.8 Å². The van der Waals surface area contributed by atoms with Crippen molar-refractivity contribution in [3.05, 3.63) is 59.3 Å². The molecule has 5 heteroatoms. The van der Waals surface area contributed by atoms with Gasteiger partial charge in [-0.3, -0.25) is 4.79 Å². The Hall–Kier alpha value is -2.79. The summed E-state index contributed by atoms with van der Waals surface area (Å²) in [6.45, 7) is 4.29. The van der Waals surface area contributed by atoms with Gasteiger partial charge in [-0.25, -0.2) is 0 Å². The van der Waals surface area contributed by atoms with E-state index in [-0.39, 0.29) is 19.1 Å². The van der Waals surface area contributed by atoms with Crippen molar-refractivity contribution in [3.63, 3.8) is 0 Å². The fourth-order valence-corrected chi connectivity index (χ4v) is 2.60. The van der Waals surface area contributed by atoms with Crippen LogP contribution in [0, 0.1) is 13.8 Å². The van der Waals surface area contributed by atoms with Crippen molar-refractivity contribution < 1.29 is 14.6 Å². The first kappa shape index (κ1) is 16.1. The van der Waals surface area contributed by atoms with Gasteiger partial charge in [-0.2, -0.15) is 0 Å². The SMILES string of the molecule is Cc1[nH]c2ccc(C(=O)Nc3ccc(OCCO)cc3)cc2c1C. The molecule has 0 fully saturated rings. The second-order valence-corrected chi connectivity index (χ2v) is 5.69. The van der Waals surface area contributed by atoms with Crippen molar-refractivity contribution in [1.29, 1.82) is 0 Å². The fraction of sp³-hybridized carbons (Fsp3) is 0.211. The number of nitrogens with one attached hydrogen (secondary N) is 2. The molecule has 0 spiro atoms. The van der Waals surface area contributed by atoms with Crippen LogP contribution in [-0.2, 0) is 0 Å². The van der Waals surface area contributed by atoms with E-state index in [2.05, 4.69) is 10.3 Å². The number of ether oxygens (including phenoxy) is 1. The lowest BCUT2D eigenvalue weighted by Gasteiger charge is -2.08. The molecule has 0 atom stereocenters. The molecular formula is C19H20N2O3. The van der Waals surface area contributed by atoms with E-state index < -0.39 is 0 Å². The fourth-order valence-electron chi connectivity index (χ4n) is 2.60. The van der Waals surface area contributed by atoms with E-state index >= 15 is 0 Å². The summed E-state index contributed by atoms with van der Waals surface area (Å²) in [5.74, 6) is 0.501. The number of aliphatic hydroxyl groups excluding tert-OH is 1. The zero-order chi connectivity index (χ0) is 17.1. The number of carbonyl (C=O) groups is 1. The van der Waals surface area contributed by atoms with Crippen LogP contribution in [0.1, 0.15) is 21.6 Å². The van der Waals surface area contributed by atoms with Crippen LogP contribution in [0.3, 0.4) is 0 Å². The van der Waals surface area contributed by atoms with E-state index in [1.165, 1.54) is 0 Å². The number of hydrogen-bond donors (Lipinski definition) is 3. The van der Waals surface area contributed by atoms with Crippen LogP contribution in [0.4, 0.5) is 5.69 Å². The number of H-pyrrole nitrogens is 1. The van der Waals surface area contributed by atoms with E-state index in [9.17, 15) is 4.79 Å². The third-order valence-electron chi connectivity index (χ3n) is 4.04. The Morgan fingerprint density at radius 2 is 1.92 bits per heavy atom. The number of aromatic amines is 1. The van der Waals surface area contributed by atoms with Gasteiger partial charge in [-0.15, -0.1) is 0 Å². The highest BCUT2D eigenvalue weighted by atomic mass is 16.5. The summed E-state index contributed by atoms with van der Waals surface area (Å²) >= 11 is 0. The number of anilines is 1. The van der Waals surface area contributed by atoms with Crippen LogP contribution < -0.4 is 10.1 Å². The molecule has 1 amide bonds. The van der Waals surface area contributed by atoms with E-state index in [1.54, 1.807) is 24.3 Å². The van der Waals surface area contributed by atoms with Crippen molar-refractivity contribution in [1.82, 2.24) is 4.98 Å². The standard InChI is InChI=1S/C19H20N2O3/c1-12-13(2)20-18-8-3-14(11-17(12)18)19(23)21-15-4-6-16(7-5-15)24-10-9-22/h3-8,11,20,22H,9-10H2,1-2H3,(H,21,23). The van der Waals surface area contributed by atoms with Crippen molar-refractivity contribution in [3.8, 4) is 5.75 Å². The Bertz CT molecular complexity index is 866. The molecule has 124 valence electrons. The van der Waals surface area contributed by atoms with Gasteiger partial charge < -0.3 is 20.1 Å². The van der Waals surface area contributed by atoms with Crippen LogP contribution in [0.5, 0.6) is 5.75 Å². The Morgan fingerprint density at radius 3 is 2.62 bits per heavy atom. The average Bonchev–Trinajstić information content (AvgIpc) is 2.88. The monoisotopic (exact) mass is 324 g/mol. The van der Waals surface area contributed by atoms with Crippen LogP contribution in [0.25, 0.3) is 10.9 Å². The van der Waals surface area contributed by atoms with Crippen LogP contribution in [-0.4, -0.2) is 29.2 Å². The van der Waals surface area contributed by atoms with Gasteiger partial charge in [-0.05, 0) is 61.9 Å². The molecule has 0 aliphatic rings. The number of amides is 1. The molecule has 3 N–H and O–H groups in total. The maximum atomic E-state index is 12.4. The summed E-state index contributed by atoms with van der Waals surface area (Å²) in [5, 5.41) is 12.7. The van der Waals surface area contributed by atoms with Crippen molar-refractivity contribution >= 4 is 22.5 Å². The van der Waals surface area contributed by atoms with E-state index in [0.717, 1.165) is 22.2 Å². The highest BCUT2D eigenvalue weighted by molar-refractivity contribution is 6.06. The number of rotatable bonds is 5. The van der Waals surface area contributed by atoms with Gasteiger partial charge in [0.05, 0.1) is 6.61 Å². The molecular weight excluding hydrogens is 304 g/mol. The first-order chi connectivity index (χ1) is 11.6. The van der Waals surface area contributed by atoms with E-state index in [4.69, 9.17) is 9.84 Å². The Labute approximate surface area is 140 Å². The summed E-state index contributed by atoms with van der Waals surface area (Å²) in [7, 11) is 0. The summed E-state index contributed by atoms with van der Waals surface area (Å²) in [6.07, 6.45) is 0. The summed E-state index contributed by atoms with van der Waals surface area (Å²) in [6, 6.07) is 12.7. The molecule has 3 aromatic rings. The van der Waals surface area contributed by atoms with Crippen LogP contribution >= 0.6 is 0 Å². The number of carbonyl (C=O) groups excluding carboxylic acids is 1. The lowest BCUT2D eigenvalue weighted by atomic mass is 10.1. The molecule has 0 bridgehead atoms. The number of hydrogen-bond acceptors (Lipinski definition) is 3. The quantitative estimate of drug-likeness (QED) is 0.673. The maximum Gasteiger partial charge on any atom is 0.255 e. The predicted octanol–water partition coefficient (Wildman–Crippen LogP) is 3.41. The van der Waals surface area contributed by atoms with Gasteiger partial charge in [0.25, 0.3) is 5.91 Å². The zero-order valence-electron chi connectivity index (χ0n) is 13.7. The second kappa shape index (κ2) is 6.76. The molecule has 2 aromatic carbocycles. The van der Waals surface area contributed by atoms with Gasteiger partial charge in [0.1, 0.15) is 12.4 Å². The minimum absolute atomic E-state index is 0.0288. The smallest absolute Gasteiger partial charge is 0.255 e. The van der Waals surface area contributed by atoms with Crippen molar-refractivity contribution in [2.24, 2.45) is 0 Å². The lowest BCUT2D eigenvalue weighted by Crippen LogP contribution is -2.11. The number of fused-ring (bicyclic) bond motifs is 1. The number of aliphatic hydroxyl groups is 1. The van der Waals surface area contributed by atoms with E-state index in [0.29, 0.717) is 17.0 Å². The number of benzene rings is 2. The van der Waals surface area contributed by atoms with Gasteiger partial charge in [0.15, 0.2) is 0 Å². The van der Waals surface area contributed by atoms with Crippen LogP contribution in [0.2, 0.25) is 0 Å². The Kier molecular flexibility index (Phi) is 4.53. The van der Waals surface area contributed by atoms with E-state index in [1.807, 2.05) is 32.0 Å². The maximum absolute atomic E-state index is 12.4. The third-order valence-corrected chi connectivity index (χ3v) is 4.04. The Balaban J connectivity index is 1.75. The second-order valence-electron chi connectivity index (χ2n) is 5.69. The van der Waals surface area contributed by atoms with Crippen molar-refractivity contribution in [2.75, 3.05) is 18.5 Å². The highest BCUT2D eigenvalue weighted by Gasteiger charge is 2.10. The average molecular weight is 324 g/mol. The highest BCUT2D eigenvalue weighted by Crippen LogP contribution is 2.23. The topological polar surface area (TPSA) is 74.4 Å². The summed E-state index contributed by atoms with van der Waals surface area (Å²) in [4.78, 5) is 15.7.